The fourth-order valence-corrected chi connectivity index (χ4v) is 4.19. The smallest absolute Gasteiger partial charge is 0.232 e. The summed E-state index contributed by atoms with van der Waals surface area (Å²) in [5.41, 5.74) is 5.19. The molecule has 2 atom stereocenters. The molecule has 0 bridgehead atoms. The van der Waals surface area contributed by atoms with Crippen LogP contribution in [0, 0.1) is 12.8 Å². The molecule has 0 radical (unpaired) electrons. The van der Waals surface area contributed by atoms with E-state index in [9.17, 15) is 9.18 Å². The number of imidazole rings is 1. The van der Waals surface area contributed by atoms with Gasteiger partial charge in [-0.3, -0.25) is 4.79 Å². The van der Waals surface area contributed by atoms with Gasteiger partial charge in [-0.25, -0.2) is 14.4 Å². The van der Waals surface area contributed by atoms with E-state index in [1.807, 2.05) is 18.2 Å². The lowest BCUT2D eigenvalue weighted by atomic mass is 9.98. The molecule has 28 heavy (non-hydrogen) atoms. The first kappa shape index (κ1) is 17.1. The van der Waals surface area contributed by atoms with E-state index >= 15 is 0 Å². The van der Waals surface area contributed by atoms with Gasteiger partial charge < -0.3 is 10.3 Å². The van der Waals surface area contributed by atoms with E-state index in [0.29, 0.717) is 11.6 Å². The lowest BCUT2D eigenvalue weighted by Gasteiger charge is -2.08. The van der Waals surface area contributed by atoms with Crippen molar-refractivity contribution < 1.29 is 9.18 Å². The second-order valence-electron chi connectivity index (χ2n) is 7.02. The number of nitrogens with one attached hydrogen (secondary N) is 2. The highest BCUT2D eigenvalue weighted by atomic mass is 32.1. The molecule has 1 aliphatic carbocycles. The normalized spacial score (nSPS) is 18.4. The minimum atomic E-state index is -1.01. The minimum absolute atomic E-state index is 0.284. The van der Waals surface area contributed by atoms with Crippen molar-refractivity contribution in [3.63, 3.8) is 0 Å². The first-order valence-electron chi connectivity index (χ1n) is 9.05. The molecule has 0 saturated heterocycles. The highest BCUT2D eigenvalue weighted by molar-refractivity contribution is 7.22. The van der Waals surface area contributed by atoms with Crippen LogP contribution in [0.1, 0.15) is 12.0 Å². The Kier molecular flexibility index (Phi) is 3.98. The number of anilines is 1. The molecule has 2 aromatic heterocycles. The highest BCUT2D eigenvalue weighted by Gasteiger charge is 2.43. The summed E-state index contributed by atoms with van der Waals surface area (Å²) >= 11 is 1.40. The number of aromatic amines is 1. The highest BCUT2D eigenvalue weighted by Crippen LogP contribution is 2.37. The maximum atomic E-state index is 13.1. The van der Waals surface area contributed by atoms with Gasteiger partial charge in [-0.2, -0.15) is 0 Å². The van der Waals surface area contributed by atoms with E-state index in [1.165, 1.54) is 11.3 Å². The van der Waals surface area contributed by atoms with E-state index in [1.54, 1.807) is 12.4 Å². The number of fused-ring (bicyclic) bond motifs is 1. The Morgan fingerprint density at radius 1 is 1.25 bits per heavy atom. The molecule has 1 fully saturated rings. The van der Waals surface area contributed by atoms with Gasteiger partial charge in [-0.05, 0) is 48.2 Å². The van der Waals surface area contributed by atoms with Crippen molar-refractivity contribution in [1.29, 1.82) is 0 Å². The number of hydrogen-bond donors (Lipinski definition) is 2. The van der Waals surface area contributed by atoms with Gasteiger partial charge in [0.05, 0.1) is 16.1 Å². The Balaban J connectivity index is 1.48. The molecule has 4 aromatic rings. The Labute approximate surface area is 164 Å². The van der Waals surface area contributed by atoms with Crippen LogP contribution in [0.2, 0.25) is 0 Å². The van der Waals surface area contributed by atoms with E-state index in [-0.39, 0.29) is 5.91 Å². The number of aryl methyl sites for hydroxylation is 1. The minimum Gasteiger partial charge on any atom is -0.345 e. The van der Waals surface area contributed by atoms with Crippen LogP contribution in [-0.2, 0) is 4.79 Å². The molecule has 2 aromatic carbocycles. The molecule has 1 saturated carbocycles. The van der Waals surface area contributed by atoms with Crippen LogP contribution < -0.4 is 5.32 Å². The first-order valence-corrected chi connectivity index (χ1v) is 9.86. The second-order valence-corrected chi connectivity index (χ2v) is 8.05. The van der Waals surface area contributed by atoms with Gasteiger partial charge >= 0.3 is 0 Å². The van der Waals surface area contributed by atoms with Crippen LogP contribution in [0.15, 0.2) is 48.8 Å². The molecule has 1 aliphatic rings. The first-order chi connectivity index (χ1) is 13.6. The van der Waals surface area contributed by atoms with Crippen molar-refractivity contribution >= 4 is 32.6 Å². The van der Waals surface area contributed by atoms with Crippen LogP contribution in [0.4, 0.5) is 9.52 Å². The summed E-state index contributed by atoms with van der Waals surface area (Å²) in [6, 6.07) is 12.3. The van der Waals surface area contributed by atoms with Gasteiger partial charge in [0.2, 0.25) is 5.91 Å². The van der Waals surface area contributed by atoms with Crippen LogP contribution in [0.25, 0.3) is 32.7 Å². The Morgan fingerprint density at radius 2 is 2.07 bits per heavy atom. The standard InChI is InChI=1S/C21H17FN4OS/c1-11-2-3-13(19-23-6-7-24-19)8-14(11)12-4-5-17-18(9-12)28-21(25-17)26-20(27)15-10-16(15)22/h2-9,15-16H,10H2,1H3,(H,23,24)(H,25,26,27)/t15-,16+/m1/s1. The number of aromatic nitrogens is 3. The number of amides is 1. The van der Waals surface area contributed by atoms with E-state index < -0.39 is 12.1 Å². The molecule has 2 heterocycles. The van der Waals surface area contributed by atoms with Crippen LogP contribution in [0.5, 0.6) is 0 Å². The Hall–Kier alpha value is -3.06. The van der Waals surface area contributed by atoms with Gasteiger partial charge in [0.25, 0.3) is 0 Å². The third-order valence-electron chi connectivity index (χ3n) is 4.99. The monoisotopic (exact) mass is 392 g/mol. The number of rotatable bonds is 4. The van der Waals surface area contributed by atoms with Gasteiger partial charge in [0.1, 0.15) is 12.0 Å². The van der Waals surface area contributed by atoms with Gasteiger partial charge in [-0.15, -0.1) is 0 Å². The summed E-state index contributed by atoms with van der Waals surface area (Å²) in [4.78, 5) is 23.9. The Morgan fingerprint density at radius 3 is 2.82 bits per heavy atom. The number of carbonyl (C=O) groups excluding carboxylic acids is 1. The lowest BCUT2D eigenvalue weighted by Crippen LogP contribution is -2.14. The van der Waals surface area contributed by atoms with E-state index in [0.717, 1.165) is 38.3 Å². The van der Waals surface area contributed by atoms with Gasteiger partial charge in [-0.1, -0.05) is 29.5 Å². The molecule has 5 rings (SSSR count). The fourth-order valence-electron chi connectivity index (χ4n) is 3.28. The van der Waals surface area contributed by atoms with Crippen LogP contribution in [-0.4, -0.2) is 27.0 Å². The quantitative estimate of drug-likeness (QED) is 0.516. The average Bonchev–Trinajstić information content (AvgIpc) is 3.09. The maximum absolute atomic E-state index is 13.1. The van der Waals surface area contributed by atoms with Crippen molar-refractivity contribution in [2.75, 3.05) is 5.32 Å². The predicted molar refractivity (Wildman–Crippen MR) is 109 cm³/mol. The van der Waals surface area contributed by atoms with Crippen molar-refractivity contribution in [2.45, 2.75) is 19.5 Å². The number of halogens is 1. The number of hydrogen-bond acceptors (Lipinski definition) is 4. The fraction of sp³-hybridized carbons (Fsp3) is 0.190. The molecular formula is C21H17FN4OS. The third kappa shape index (κ3) is 3.07. The second kappa shape index (κ2) is 6.53. The summed E-state index contributed by atoms with van der Waals surface area (Å²) in [7, 11) is 0. The summed E-state index contributed by atoms with van der Waals surface area (Å²) < 4.78 is 14.0. The number of benzene rings is 2. The zero-order valence-corrected chi connectivity index (χ0v) is 15.9. The van der Waals surface area contributed by atoms with Crippen LogP contribution >= 0.6 is 11.3 Å². The number of thiazole rings is 1. The number of nitrogens with zero attached hydrogens (tertiary/aromatic N) is 2. The molecule has 2 N–H and O–H groups in total. The zero-order valence-electron chi connectivity index (χ0n) is 15.1. The largest absolute Gasteiger partial charge is 0.345 e. The van der Waals surface area contributed by atoms with Crippen molar-refractivity contribution in [1.82, 2.24) is 15.0 Å². The van der Waals surface area contributed by atoms with Crippen molar-refractivity contribution in [3.05, 3.63) is 54.4 Å². The number of alkyl halides is 1. The Bertz CT molecular complexity index is 1180. The molecule has 140 valence electrons. The van der Waals surface area contributed by atoms with Gasteiger partial charge in [0.15, 0.2) is 5.13 Å². The number of carbonyl (C=O) groups is 1. The SMILES string of the molecule is Cc1ccc(-c2ncc[nH]2)cc1-c1ccc2nc(NC(=O)[C@@H]3C[C@@H]3F)sc2c1. The van der Waals surface area contributed by atoms with E-state index in [2.05, 4.69) is 45.4 Å². The summed E-state index contributed by atoms with van der Waals surface area (Å²) in [5.74, 6) is 0.0275. The van der Waals surface area contributed by atoms with Crippen LogP contribution in [0.3, 0.4) is 0 Å². The zero-order chi connectivity index (χ0) is 19.3. The molecule has 5 nitrogen and oxygen atoms in total. The topological polar surface area (TPSA) is 70.7 Å². The average molecular weight is 392 g/mol. The lowest BCUT2D eigenvalue weighted by molar-refractivity contribution is -0.117. The molecule has 0 spiro atoms. The predicted octanol–water partition coefficient (Wildman–Crippen LogP) is 4.96. The molecule has 1 amide bonds. The number of H-pyrrole nitrogens is 1. The molecular weight excluding hydrogens is 375 g/mol. The summed E-state index contributed by atoms with van der Waals surface area (Å²) in [5, 5.41) is 3.25. The van der Waals surface area contributed by atoms with Crippen molar-refractivity contribution in [2.24, 2.45) is 5.92 Å². The molecule has 0 aliphatic heterocycles. The summed E-state index contributed by atoms with van der Waals surface area (Å²) in [6.07, 6.45) is 2.85. The van der Waals surface area contributed by atoms with E-state index in [4.69, 9.17) is 0 Å². The molecule has 7 heteroatoms. The molecule has 0 unspecified atom stereocenters. The van der Waals surface area contributed by atoms with Gasteiger partial charge in [0, 0.05) is 18.0 Å². The van der Waals surface area contributed by atoms with Crippen molar-refractivity contribution in [3.8, 4) is 22.5 Å². The summed E-state index contributed by atoms with van der Waals surface area (Å²) in [6.45, 7) is 2.08. The maximum Gasteiger partial charge on any atom is 0.232 e. The third-order valence-corrected chi connectivity index (χ3v) is 5.92.